The van der Waals surface area contributed by atoms with Gasteiger partial charge in [-0.05, 0) is 33.6 Å². The fourth-order valence-electron chi connectivity index (χ4n) is 9.61. The molecular formula is C61H114NO17P. The molecule has 1 aliphatic rings. The molecule has 80 heavy (non-hydrogen) atoms. The van der Waals surface area contributed by atoms with Gasteiger partial charge in [0, 0.05) is 40.5 Å². The Kier molecular flexibility index (Phi) is 49.5. The number of hydrogen-bond donors (Lipinski definition) is 1. The van der Waals surface area contributed by atoms with Crippen molar-refractivity contribution < 1.29 is 85.3 Å². The van der Waals surface area contributed by atoms with Gasteiger partial charge >= 0.3 is 35.8 Å². The lowest BCUT2D eigenvalue weighted by molar-refractivity contribution is -0.894. The van der Waals surface area contributed by atoms with Crippen LogP contribution in [0.15, 0.2) is 0 Å². The average molecular weight is 1160 g/mol. The zero-order valence-electron chi connectivity index (χ0n) is 51.6. The van der Waals surface area contributed by atoms with E-state index in [0.717, 1.165) is 79.1 Å². The number of carbonyl (C=O) groups excluding carboxylic acids is 6. The van der Waals surface area contributed by atoms with E-state index in [0.29, 0.717) is 12.8 Å². The van der Waals surface area contributed by atoms with Gasteiger partial charge in [0.15, 0.2) is 24.4 Å². The number of phosphoric ester groups is 1. The third-order valence-electron chi connectivity index (χ3n) is 14.3. The van der Waals surface area contributed by atoms with Crippen LogP contribution in [0.4, 0.5) is 0 Å². The lowest BCUT2D eigenvalue weighted by atomic mass is 9.98. The molecule has 0 bridgehead atoms. The van der Waals surface area contributed by atoms with Crippen molar-refractivity contribution in [1.29, 1.82) is 0 Å². The maximum Gasteiger partial charge on any atom is 0.306 e. The van der Waals surface area contributed by atoms with Crippen molar-refractivity contribution in [2.45, 2.75) is 317 Å². The highest BCUT2D eigenvalue weighted by Gasteiger charge is 2.53. The number of ether oxygens (including phenoxy) is 7. The number of unbranched alkanes of at least 4 members (excludes halogenated alkanes) is 30. The van der Waals surface area contributed by atoms with Gasteiger partial charge in [-0.1, -0.05) is 206 Å². The second-order valence-corrected chi connectivity index (χ2v) is 23.0. The largest absolute Gasteiger partial charge is 0.756 e. The van der Waals surface area contributed by atoms with Crippen LogP contribution in [-0.2, 0) is 75.5 Å². The molecule has 1 saturated heterocycles. The van der Waals surface area contributed by atoms with E-state index in [-0.39, 0.29) is 12.8 Å². The second kappa shape index (κ2) is 51.5. The Bertz CT molecular complexity index is 1630. The summed E-state index contributed by atoms with van der Waals surface area (Å²) < 4.78 is 61.6. The molecule has 0 spiro atoms. The number of phosphoric acid groups is 1. The number of nitrogens with one attached hydrogen (secondary N) is 1. The normalized spacial score (nSPS) is 18.1. The van der Waals surface area contributed by atoms with Gasteiger partial charge in [0.2, 0.25) is 6.29 Å². The molecule has 0 amide bonds. The summed E-state index contributed by atoms with van der Waals surface area (Å²) in [5.41, 5.74) is 0. The number of hydrogen-bond acceptors (Lipinski definition) is 17. The van der Waals surface area contributed by atoms with Crippen LogP contribution in [0, 0.1) is 0 Å². The van der Waals surface area contributed by atoms with Crippen LogP contribution >= 0.6 is 7.82 Å². The van der Waals surface area contributed by atoms with Crippen LogP contribution in [0.25, 0.3) is 0 Å². The summed E-state index contributed by atoms with van der Waals surface area (Å²) in [5.74, 6) is -4.72. The van der Waals surface area contributed by atoms with Gasteiger partial charge in [0.05, 0.1) is 26.2 Å². The predicted octanol–water partition coefficient (Wildman–Crippen LogP) is 12.3. The monoisotopic (exact) mass is 1160 g/mol. The van der Waals surface area contributed by atoms with Gasteiger partial charge in [-0.2, -0.15) is 0 Å². The highest BCUT2D eigenvalue weighted by atomic mass is 31.2. The van der Waals surface area contributed by atoms with Crippen LogP contribution in [0.5, 0.6) is 0 Å². The molecule has 1 fully saturated rings. The van der Waals surface area contributed by atoms with Crippen LogP contribution in [-0.4, -0.2) is 112 Å². The summed E-state index contributed by atoms with van der Waals surface area (Å²) in [6.45, 7) is 17.1. The number of rotatable bonds is 50. The van der Waals surface area contributed by atoms with Crippen LogP contribution in [0.3, 0.4) is 0 Å². The van der Waals surface area contributed by atoms with Crippen molar-refractivity contribution in [1.82, 2.24) is 0 Å². The van der Waals surface area contributed by atoms with Gasteiger partial charge in [0.25, 0.3) is 7.82 Å². The minimum absolute atomic E-state index is 0.0540. The van der Waals surface area contributed by atoms with E-state index in [1.54, 1.807) is 4.90 Å². The quantitative estimate of drug-likeness (QED) is 0.0258. The van der Waals surface area contributed by atoms with E-state index in [2.05, 4.69) is 34.6 Å². The third kappa shape index (κ3) is 44.4. The molecular weight excluding hydrogens is 1050 g/mol. The summed E-state index contributed by atoms with van der Waals surface area (Å²) in [6.07, 6.45) is 28.1. The molecule has 0 aromatic heterocycles. The lowest BCUT2D eigenvalue weighted by Gasteiger charge is -2.45. The van der Waals surface area contributed by atoms with E-state index in [1.807, 2.05) is 0 Å². The zero-order chi connectivity index (χ0) is 59.7. The number of carbonyl (C=O) groups is 6. The molecule has 1 rings (SSSR count). The van der Waals surface area contributed by atoms with E-state index >= 15 is 0 Å². The first kappa shape index (κ1) is 76.9. The van der Waals surface area contributed by atoms with Crippen LogP contribution in [0.1, 0.15) is 281 Å². The molecule has 1 N–H and O–H groups in total. The average Bonchev–Trinajstić information content (AvgIpc) is 3.41. The second-order valence-electron chi connectivity index (χ2n) is 21.6. The fraction of sp³-hybridized carbons (Fsp3) is 0.902. The standard InChI is InChI=1S/C55H99O17P.C6H15N/c1-7-9-11-13-15-17-19-21-23-24-26-28-30-32-34-36-38-40-51(61)70-48(41-65-50(60)39-37-35-33-31-29-27-25-22-20-18-16-14-12-10-8-2)42-66-73(62,63)72-55-54(69-47(6)59)53(68-46(5)58)52(67-45(4)57)49(71-55)43-64-44(3)56;1-4-7(5-2)6-3/h48-49,52-55H,7-43H2,1-6H3,(H,62,63);4-6H2,1-3H3/t48-,49?,52?,53?,54?,55?;/m1./s1. The first-order valence-electron chi connectivity index (χ1n) is 31.6. The maximum absolute atomic E-state index is 13.5. The Morgan fingerprint density at radius 1 is 0.450 bits per heavy atom. The topological polar surface area (TPSA) is 230 Å². The molecule has 0 aromatic carbocycles. The summed E-state index contributed by atoms with van der Waals surface area (Å²) in [6, 6.07) is 0. The minimum atomic E-state index is -5.52. The van der Waals surface area contributed by atoms with Crippen molar-refractivity contribution >= 4 is 43.6 Å². The summed E-state index contributed by atoms with van der Waals surface area (Å²) in [7, 11) is -5.52. The van der Waals surface area contributed by atoms with E-state index in [4.69, 9.17) is 42.2 Å². The van der Waals surface area contributed by atoms with Crippen molar-refractivity contribution in [2.75, 3.05) is 39.5 Å². The summed E-state index contributed by atoms with van der Waals surface area (Å²) in [4.78, 5) is 89.3. The fourth-order valence-corrected chi connectivity index (χ4v) is 10.4. The molecule has 0 aromatic rings. The van der Waals surface area contributed by atoms with Gasteiger partial charge in [-0.25, -0.2) is 0 Å². The molecule has 7 atom stereocenters. The van der Waals surface area contributed by atoms with Gasteiger partial charge in [0.1, 0.15) is 19.3 Å². The summed E-state index contributed by atoms with van der Waals surface area (Å²) >= 11 is 0. The summed E-state index contributed by atoms with van der Waals surface area (Å²) in [5, 5.41) is 0. The Balaban J connectivity index is 0.00000830. The SMILES string of the molecule is CCCCCCCCCCCCCCCCCCCC(=O)O[C@H](COC(=O)CCCCCCCCCCCCCCCCC)COP(=O)([O-])OC1OC(COC(C)=O)C(OC(C)=O)C(OC(C)=O)C1OC(C)=O.CC[NH+](CC)CC. The zero-order valence-corrected chi connectivity index (χ0v) is 52.5. The van der Waals surface area contributed by atoms with Crippen molar-refractivity contribution in [3.63, 3.8) is 0 Å². The molecule has 0 radical (unpaired) electrons. The van der Waals surface area contributed by atoms with Gasteiger partial charge in [-0.15, -0.1) is 0 Å². The molecule has 18 nitrogen and oxygen atoms in total. The first-order valence-corrected chi connectivity index (χ1v) is 33.0. The predicted molar refractivity (Wildman–Crippen MR) is 308 cm³/mol. The van der Waals surface area contributed by atoms with Crippen molar-refractivity contribution in [2.24, 2.45) is 0 Å². The van der Waals surface area contributed by atoms with E-state index in [9.17, 15) is 38.2 Å². The highest BCUT2D eigenvalue weighted by molar-refractivity contribution is 7.45. The molecule has 1 heterocycles. The molecule has 6 unspecified atom stereocenters. The van der Waals surface area contributed by atoms with E-state index < -0.39 is 100 Å². The number of quaternary nitrogens is 1. The Labute approximate surface area is 484 Å². The van der Waals surface area contributed by atoms with Gasteiger partial charge in [-0.3, -0.25) is 37.9 Å². The molecule has 19 heteroatoms. The molecule has 470 valence electrons. The van der Waals surface area contributed by atoms with Crippen molar-refractivity contribution in [3.05, 3.63) is 0 Å². The van der Waals surface area contributed by atoms with Gasteiger partial charge < -0.3 is 47.5 Å². The Morgan fingerprint density at radius 2 is 0.800 bits per heavy atom. The first-order chi connectivity index (χ1) is 38.4. The third-order valence-corrected chi connectivity index (χ3v) is 15.2. The Morgan fingerprint density at radius 3 is 1.15 bits per heavy atom. The molecule has 1 aliphatic heterocycles. The smallest absolute Gasteiger partial charge is 0.306 e. The number of esters is 6. The minimum Gasteiger partial charge on any atom is -0.756 e. The molecule has 0 saturated carbocycles. The van der Waals surface area contributed by atoms with E-state index in [1.165, 1.54) is 161 Å². The highest BCUT2D eigenvalue weighted by Crippen LogP contribution is 2.44. The molecule has 0 aliphatic carbocycles. The van der Waals surface area contributed by atoms with Crippen molar-refractivity contribution in [3.8, 4) is 0 Å². The maximum atomic E-state index is 13.5. The van der Waals surface area contributed by atoms with Crippen LogP contribution < -0.4 is 9.79 Å². The lowest BCUT2D eigenvalue weighted by Crippen LogP contribution is -3.11. The van der Waals surface area contributed by atoms with Crippen LogP contribution in [0.2, 0.25) is 0 Å². The Hall–Kier alpha value is -3.15.